The maximum Gasteiger partial charge on any atom is 0.127 e. The third kappa shape index (κ3) is 3.83. The Morgan fingerprint density at radius 3 is 2.45 bits per heavy atom. The van der Waals surface area contributed by atoms with E-state index in [1.165, 1.54) is 0 Å². The van der Waals surface area contributed by atoms with Crippen LogP contribution in [0.1, 0.15) is 30.6 Å². The zero-order valence-corrected chi connectivity index (χ0v) is 11.9. The number of aliphatic hydroxyl groups excluding tert-OH is 1. The molecule has 3 nitrogen and oxygen atoms in total. The zero-order chi connectivity index (χ0) is 14.4. The van der Waals surface area contributed by atoms with Crippen LogP contribution in [0.5, 0.6) is 11.5 Å². The van der Waals surface area contributed by atoms with Crippen LogP contribution in [-0.4, -0.2) is 12.2 Å². The first kappa shape index (κ1) is 14.6. The van der Waals surface area contributed by atoms with E-state index in [0.29, 0.717) is 13.0 Å². The summed E-state index contributed by atoms with van der Waals surface area (Å²) in [7, 11) is 1.67. The van der Waals surface area contributed by atoms with Crippen molar-refractivity contribution in [2.75, 3.05) is 7.11 Å². The van der Waals surface area contributed by atoms with E-state index in [2.05, 4.69) is 0 Å². The van der Waals surface area contributed by atoms with E-state index < -0.39 is 6.10 Å². The summed E-state index contributed by atoms with van der Waals surface area (Å²) in [5.74, 6) is 1.54. The second kappa shape index (κ2) is 7.08. The van der Waals surface area contributed by atoms with Crippen LogP contribution in [0, 0.1) is 0 Å². The van der Waals surface area contributed by atoms with Crippen LogP contribution < -0.4 is 4.74 Å². The molecule has 2 aromatic carbocycles. The predicted octanol–water partition coefficient (Wildman–Crippen LogP) is 4.07. The molecular formula is C17H20O3. The molecule has 0 unspecified atom stereocenters. The van der Waals surface area contributed by atoms with E-state index in [4.69, 9.17) is 9.47 Å². The molecule has 1 atom stereocenters. The van der Waals surface area contributed by atoms with Gasteiger partial charge in [0.1, 0.15) is 11.5 Å². The summed E-state index contributed by atoms with van der Waals surface area (Å²) in [6.45, 7) is 2.52. The van der Waals surface area contributed by atoms with Gasteiger partial charge >= 0.3 is 0 Å². The minimum Gasteiger partial charge on any atom is -0.457 e. The quantitative estimate of drug-likeness (QED) is 0.861. The molecular weight excluding hydrogens is 252 g/mol. The molecule has 0 radical (unpaired) electrons. The van der Waals surface area contributed by atoms with Crippen LogP contribution >= 0.6 is 0 Å². The minimum atomic E-state index is -0.408. The molecule has 2 aromatic rings. The molecule has 2 rings (SSSR count). The van der Waals surface area contributed by atoms with Gasteiger partial charge < -0.3 is 14.6 Å². The van der Waals surface area contributed by atoms with Crippen molar-refractivity contribution in [1.29, 1.82) is 0 Å². The van der Waals surface area contributed by atoms with Crippen molar-refractivity contribution in [2.45, 2.75) is 26.1 Å². The van der Waals surface area contributed by atoms with Crippen LogP contribution in [-0.2, 0) is 11.3 Å². The van der Waals surface area contributed by atoms with Crippen LogP contribution in [0.15, 0.2) is 48.5 Å². The second-order valence-electron chi connectivity index (χ2n) is 4.68. The van der Waals surface area contributed by atoms with Crippen molar-refractivity contribution >= 4 is 0 Å². The van der Waals surface area contributed by atoms with E-state index in [1.54, 1.807) is 7.11 Å². The summed E-state index contributed by atoms with van der Waals surface area (Å²) in [6, 6.07) is 15.3. The molecule has 20 heavy (non-hydrogen) atoms. The van der Waals surface area contributed by atoms with Gasteiger partial charge in [0.25, 0.3) is 0 Å². The Hall–Kier alpha value is -1.84. The van der Waals surface area contributed by atoms with Gasteiger partial charge in [0.05, 0.1) is 12.7 Å². The molecule has 1 N–H and O–H groups in total. The first-order valence-electron chi connectivity index (χ1n) is 6.76. The molecule has 0 aliphatic carbocycles. The summed E-state index contributed by atoms with van der Waals surface area (Å²) in [5, 5.41) is 9.75. The van der Waals surface area contributed by atoms with E-state index >= 15 is 0 Å². The Morgan fingerprint density at radius 1 is 1.05 bits per heavy atom. The summed E-state index contributed by atoms with van der Waals surface area (Å²) in [6.07, 6.45) is 0.299. The van der Waals surface area contributed by atoms with Crippen LogP contribution in [0.25, 0.3) is 0 Å². The monoisotopic (exact) mass is 272 g/mol. The van der Waals surface area contributed by atoms with E-state index in [0.717, 1.165) is 22.6 Å². The van der Waals surface area contributed by atoms with Crippen molar-refractivity contribution in [3.63, 3.8) is 0 Å². The second-order valence-corrected chi connectivity index (χ2v) is 4.68. The van der Waals surface area contributed by atoms with Gasteiger partial charge in [0, 0.05) is 7.11 Å². The Kier molecular flexibility index (Phi) is 5.16. The summed E-state index contributed by atoms with van der Waals surface area (Å²) < 4.78 is 10.9. The van der Waals surface area contributed by atoms with Gasteiger partial charge in [-0.1, -0.05) is 31.2 Å². The van der Waals surface area contributed by atoms with Crippen LogP contribution in [0.4, 0.5) is 0 Å². The molecule has 0 bridgehead atoms. The van der Waals surface area contributed by atoms with Gasteiger partial charge in [-0.15, -0.1) is 0 Å². The number of ether oxygens (including phenoxy) is 2. The van der Waals surface area contributed by atoms with Crippen molar-refractivity contribution in [3.05, 3.63) is 59.7 Å². The Balaban J connectivity index is 2.08. The zero-order valence-electron chi connectivity index (χ0n) is 11.9. The fourth-order valence-corrected chi connectivity index (χ4v) is 2.00. The van der Waals surface area contributed by atoms with Gasteiger partial charge in [0.2, 0.25) is 0 Å². The average molecular weight is 272 g/mol. The Morgan fingerprint density at radius 2 is 1.80 bits per heavy atom. The molecule has 0 spiro atoms. The van der Waals surface area contributed by atoms with Crippen molar-refractivity contribution in [1.82, 2.24) is 0 Å². The van der Waals surface area contributed by atoms with Gasteiger partial charge in [-0.3, -0.25) is 0 Å². The SMILES string of the molecule is CC[C@@H](O)c1ccc(Oc2cccc(COC)c2)cc1. The fraction of sp³-hybridized carbons (Fsp3) is 0.294. The van der Waals surface area contributed by atoms with Gasteiger partial charge in [-0.2, -0.15) is 0 Å². The molecule has 0 amide bonds. The van der Waals surface area contributed by atoms with E-state index in [9.17, 15) is 5.11 Å². The molecule has 3 heteroatoms. The fourth-order valence-electron chi connectivity index (χ4n) is 2.00. The molecule has 0 fully saturated rings. The lowest BCUT2D eigenvalue weighted by molar-refractivity contribution is 0.173. The number of benzene rings is 2. The highest BCUT2D eigenvalue weighted by Crippen LogP contribution is 2.25. The van der Waals surface area contributed by atoms with E-state index in [-0.39, 0.29) is 0 Å². The lowest BCUT2D eigenvalue weighted by Gasteiger charge is -2.10. The number of hydrogen-bond donors (Lipinski definition) is 1. The molecule has 0 saturated heterocycles. The lowest BCUT2D eigenvalue weighted by Crippen LogP contribution is -1.94. The van der Waals surface area contributed by atoms with Crippen molar-refractivity contribution in [2.24, 2.45) is 0 Å². The topological polar surface area (TPSA) is 38.7 Å². The lowest BCUT2D eigenvalue weighted by atomic mass is 10.1. The molecule has 0 aliphatic heterocycles. The average Bonchev–Trinajstić information content (AvgIpc) is 2.48. The maximum absolute atomic E-state index is 9.75. The molecule has 0 heterocycles. The van der Waals surface area contributed by atoms with Crippen LogP contribution in [0.3, 0.4) is 0 Å². The van der Waals surface area contributed by atoms with Crippen LogP contribution in [0.2, 0.25) is 0 Å². The number of hydrogen-bond acceptors (Lipinski definition) is 3. The highest BCUT2D eigenvalue weighted by Gasteiger charge is 2.05. The Bertz CT molecular complexity index is 534. The molecule has 106 valence electrons. The first-order chi connectivity index (χ1) is 9.72. The first-order valence-corrected chi connectivity index (χ1v) is 6.76. The Labute approximate surface area is 119 Å². The standard InChI is InChI=1S/C17H20O3/c1-3-17(18)14-7-9-15(10-8-14)20-16-6-4-5-13(11-16)12-19-2/h4-11,17-18H,3,12H2,1-2H3/t17-/m1/s1. The number of rotatable bonds is 6. The van der Waals surface area contributed by atoms with Gasteiger partial charge in [0.15, 0.2) is 0 Å². The smallest absolute Gasteiger partial charge is 0.127 e. The third-order valence-corrected chi connectivity index (χ3v) is 3.10. The molecule has 0 aliphatic rings. The molecule has 0 aromatic heterocycles. The van der Waals surface area contributed by atoms with Crippen molar-refractivity contribution < 1.29 is 14.6 Å². The summed E-state index contributed by atoms with van der Waals surface area (Å²) in [4.78, 5) is 0. The summed E-state index contributed by atoms with van der Waals surface area (Å²) >= 11 is 0. The number of methoxy groups -OCH3 is 1. The minimum absolute atomic E-state index is 0.408. The third-order valence-electron chi connectivity index (χ3n) is 3.10. The van der Waals surface area contributed by atoms with Crippen molar-refractivity contribution in [3.8, 4) is 11.5 Å². The van der Waals surface area contributed by atoms with Gasteiger partial charge in [-0.05, 0) is 41.8 Å². The highest BCUT2D eigenvalue weighted by molar-refractivity contribution is 5.35. The van der Waals surface area contributed by atoms with E-state index in [1.807, 2.05) is 55.5 Å². The normalized spacial score (nSPS) is 12.2. The summed E-state index contributed by atoms with van der Waals surface area (Å²) in [5.41, 5.74) is 1.98. The predicted molar refractivity (Wildman–Crippen MR) is 78.9 cm³/mol. The largest absolute Gasteiger partial charge is 0.457 e. The maximum atomic E-state index is 9.75. The highest BCUT2D eigenvalue weighted by atomic mass is 16.5. The van der Waals surface area contributed by atoms with Gasteiger partial charge in [-0.25, -0.2) is 0 Å². The number of aliphatic hydroxyl groups is 1. The molecule has 0 saturated carbocycles.